The molecule has 1 aromatic carbocycles. The third-order valence-electron chi connectivity index (χ3n) is 4.92. The summed E-state index contributed by atoms with van der Waals surface area (Å²) in [5, 5.41) is 6.51. The van der Waals surface area contributed by atoms with E-state index in [1.807, 2.05) is 45.4 Å². The molecule has 7 nitrogen and oxygen atoms in total. The van der Waals surface area contributed by atoms with Gasteiger partial charge in [-0.15, -0.1) is 0 Å². The number of aliphatic imine (C=N–C) groups is 1. The van der Waals surface area contributed by atoms with Crippen molar-refractivity contribution in [3.63, 3.8) is 0 Å². The normalized spacial score (nSPS) is 10.9. The summed E-state index contributed by atoms with van der Waals surface area (Å²) in [4.78, 5) is 16.7. The Kier molecular flexibility index (Phi) is 15.4. The lowest BCUT2D eigenvalue weighted by molar-refractivity contribution is 0.655. The quantitative estimate of drug-likeness (QED) is 0.208. The standard InChI is InChI=1S/C24H31N7.C3H8.C2H6/c1-4-10-27-16-24-30-15-23(31-24)18-5-7-20(17(2)12-18)21-8-6-19(13-29-21)22(26-3)14-28-11-9-25;1-3-2;1-2/h5-8,11-15,26-27H,4,9-10,16,25H2,1-3H3,(H,30,31);3H2,1-2H3;1-2H3/b22-14-,28-11?;;. The Morgan fingerprint density at radius 3 is 2.42 bits per heavy atom. The van der Waals surface area contributed by atoms with E-state index in [4.69, 9.17) is 5.73 Å². The summed E-state index contributed by atoms with van der Waals surface area (Å²) in [5.74, 6) is 0.951. The first-order valence-electron chi connectivity index (χ1n) is 13.0. The Hall–Kier alpha value is -3.29. The monoisotopic (exact) mass is 491 g/mol. The van der Waals surface area contributed by atoms with E-state index in [9.17, 15) is 0 Å². The van der Waals surface area contributed by atoms with Crippen molar-refractivity contribution in [1.29, 1.82) is 0 Å². The van der Waals surface area contributed by atoms with Crippen LogP contribution in [0.2, 0.25) is 0 Å². The number of nitrogens with two attached hydrogens (primary N) is 1. The second kappa shape index (κ2) is 18.0. The van der Waals surface area contributed by atoms with Gasteiger partial charge in [-0.2, -0.15) is 0 Å². The Labute approximate surface area is 217 Å². The van der Waals surface area contributed by atoms with Gasteiger partial charge in [-0.3, -0.25) is 9.98 Å². The number of hydrogen-bond acceptors (Lipinski definition) is 6. The highest BCUT2D eigenvalue weighted by Crippen LogP contribution is 2.27. The highest BCUT2D eigenvalue weighted by molar-refractivity contribution is 5.72. The second-order valence-electron chi connectivity index (χ2n) is 7.95. The second-order valence-corrected chi connectivity index (χ2v) is 7.95. The predicted octanol–water partition coefficient (Wildman–Crippen LogP) is 5.94. The number of aryl methyl sites for hydroxylation is 1. The first-order chi connectivity index (χ1) is 17.6. The molecule has 0 aliphatic heterocycles. The van der Waals surface area contributed by atoms with Crippen LogP contribution in [0.15, 0.2) is 53.9 Å². The number of imidazole rings is 1. The molecule has 0 bridgehead atoms. The molecule has 0 aliphatic carbocycles. The molecule has 5 N–H and O–H groups in total. The van der Waals surface area contributed by atoms with E-state index in [2.05, 4.69) is 76.5 Å². The van der Waals surface area contributed by atoms with Crippen molar-refractivity contribution in [2.24, 2.45) is 10.7 Å². The third-order valence-corrected chi connectivity index (χ3v) is 4.92. The Balaban J connectivity index is 0.00000120. The van der Waals surface area contributed by atoms with Crippen LogP contribution in [0.3, 0.4) is 0 Å². The predicted molar refractivity (Wildman–Crippen MR) is 156 cm³/mol. The Morgan fingerprint density at radius 1 is 1.08 bits per heavy atom. The number of hydrogen-bond donors (Lipinski definition) is 4. The van der Waals surface area contributed by atoms with Gasteiger partial charge in [0.1, 0.15) is 5.82 Å². The number of aromatic nitrogens is 3. The lowest BCUT2D eigenvalue weighted by Gasteiger charge is -2.10. The number of nitrogens with one attached hydrogen (secondary N) is 3. The van der Waals surface area contributed by atoms with Crippen molar-refractivity contribution in [2.45, 2.75) is 60.9 Å². The molecule has 0 saturated carbocycles. The van der Waals surface area contributed by atoms with Gasteiger partial charge < -0.3 is 21.4 Å². The average Bonchev–Trinajstić information content (AvgIpc) is 3.38. The van der Waals surface area contributed by atoms with E-state index in [0.29, 0.717) is 6.54 Å². The molecule has 36 heavy (non-hydrogen) atoms. The number of H-pyrrole nitrogens is 1. The minimum absolute atomic E-state index is 0.412. The van der Waals surface area contributed by atoms with Gasteiger partial charge in [0.2, 0.25) is 0 Å². The number of pyridine rings is 1. The summed E-state index contributed by atoms with van der Waals surface area (Å²) in [6.45, 7) is 14.7. The van der Waals surface area contributed by atoms with E-state index in [0.717, 1.165) is 64.7 Å². The lowest BCUT2D eigenvalue weighted by atomic mass is 10.0. The largest absolute Gasteiger partial charge is 0.386 e. The topological polar surface area (TPSA) is 104 Å². The first kappa shape index (κ1) is 30.7. The molecule has 2 heterocycles. The molecule has 0 radical (unpaired) electrons. The maximum atomic E-state index is 5.45. The van der Waals surface area contributed by atoms with Crippen molar-refractivity contribution >= 4 is 11.9 Å². The SMILES string of the molecule is CC.CCC.CCCNCc1ncc(-c2ccc(-c3ccc(/C(=C/N=CCN)NC)cn3)c(C)c2)[nH]1. The smallest absolute Gasteiger partial charge is 0.120 e. The maximum Gasteiger partial charge on any atom is 0.120 e. The zero-order chi connectivity index (χ0) is 26.8. The molecule has 0 fully saturated rings. The van der Waals surface area contributed by atoms with Crippen LogP contribution in [0.1, 0.15) is 64.4 Å². The highest BCUT2D eigenvalue weighted by atomic mass is 15.0. The molecule has 2 aromatic heterocycles. The van der Waals surface area contributed by atoms with Crippen LogP contribution in [-0.2, 0) is 6.54 Å². The fourth-order valence-corrected chi connectivity index (χ4v) is 3.29. The summed E-state index contributed by atoms with van der Waals surface area (Å²) < 4.78 is 0. The molecular weight excluding hydrogens is 446 g/mol. The van der Waals surface area contributed by atoms with Crippen molar-refractivity contribution in [2.75, 3.05) is 20.1 Å². The van der Waals surface area contributed by atoms with Gasteiger partial charge in [-0.25, -0.2) is 4.98 Å². The molecule has 7 heteroatoms. The van der Waals surface area contributed by atoms with Gasteiger partial charge in [0.15, 0.2) is 0 Å². The van der Waals surface area contributed by atoms with Crippen LogP contribution in [-0.4, -0.2) is 41.3 Å². The summed E-state index contributed by atoms with van der Waals surface area (Å²) in [5.41, 5.74) is 12.6. The van der Waals surface area contributed by atoms with Crippen molar-refractivity contribution < 1.29 is 0 Å². The maximum absolute atomic E-state index is 5.45. The molecule has 0 unspecified atom stereocenters. The molecule has 3 rings (SSSR count). The van der Waals surface area contributed by atoms with Crippen LogP contribution < -0.4 is 16.4 Å². The van der Waals surface area contributed by atoms with Gasteiger partial charge in [-0.05, 0) is 49.2 Å². The number of benzene rings is 1. The van der Waals surface area contributed by atoms with Gasteiger partial charge in [0.25, 0.3) is 0 Å². The van der Waals surface area contributed by atoms with Gasteiger partial charge >= 0.3 is 0 Å². The molecule has 0 atom stereocenters. The number of nitrogens with zero attached hydrogens (tertiary/aromatic N) is 3. The average molecular weight is 492 g/mol. The Bertz CT molecular complexity index is 1050. The van der Waals surface area contributed by atoms with Gasteiger partial charge in [0, 0.05) is 37.1 Å². The molecular formula is C29H45N7. The minimum atomic E-state index is 0.412. The van der Waals surface area contributed by atoms with Crippen molar-refractivity contribution in [3.05, 3.63) is 65.9 Å². The van der Waals surface area contributed by atoms with E-state index in [1.54, 1.807) is 12.4 Å². The molecule has 0 saturated heterocycles. The lowest BCUT2D eigenvalue weighted by Crippen LogP contribution is -2.14. The molecule has 0 amide bonds. The van der Waals surface area contributed by atoms with Crippen LogP contribution >= 0.6 is 0 Å². The van der Waals surface area contributed by atoms with Crippen molar-refractivity contribution in [1.82, 2.24) is 25.6 Å². The minimum Gasteiger partial charge on any atom is -0.386 e. The van der Waals surface area contributed by atoms with E-state index < -0.39 is 0 Å². The van der Waals surface area contributed by atoms with Gasteiger partial charge in [-0.1, -0.05) is 53.2 Å². The molecule has 3 aromatic rings. The summed E-state index contributed by atoms with van der Waals surface area (Å²) in [6, 6.07) is 10.5. The highest BCUT2D eigenvalue weighted by Gasteiger charge is 2.09. The Morgan fingerprint density at radius 2 is 1.83 bits per heavy atom. The van der Waals surface area contributed by atoms with E-state index in [1.165, 1.54) is 6.42 Å². The zero-order valence-electron chi connectivity index (χ0n) is 23.2. The fourth-order valence-electron chi connectivity index (χ4n) is 3.29. The van der Waals surface area contributed by atoms with Crippen molar-refractivity contribution in [3.8, 4) is 22.5 Å². The van der Waals surface area contributed by atoms with Crippen LogP contribution in [0.4, 0.5) is 0 Å². The van der Waals surface area contributed by atoms with Crippen LogP contribution in [0.25, 0.3) is 28.2 Å². The summed E-state index contributed by atoms with van der Waals surface area (Å²) in [7, 11) is 1.86. The third kappa shape index (κ3) is 9.76. The molecule has 0 aliphatic rings. The first-order valence-corrected chi connectivity index (χ1v) is 13.0. The number of aromatic amines is 1. The molecule has 0 spiro atoms. The zero-order valence-corrected chi connectivity index (χ0v) is 23.2. The summed E-state index contributed by atoms with van der Waals surface area (Å²) in [6.07, 6.45) is 9.52. The molecule has 196 valence electrons. The summed E-state index contributed by atoms with van der Waals surface area (Å²) >= 11 is 0. The van der Waals surface area contributed by atoms with Crippen LogP contribution in [0.5, 0.6) is 0 Å². The van der Waals surface area contributed by atoms with E-state index >= 15 is 0 Å². The van der Waals surface area contributed by atoms with Crippen LogP contribution in [0, 0.1) is 6.92 Å². The van der Waals surface area contributed by atoms with E-state index in [-0.39, 0.29) is 0 Å². The van der Waals surface area contributed by atoms with Gasteiger partial charge in [0.05, 0.1) is 36.0 Å². The fraction of sp³-hybridized carbons (Fsp3) is 0.414. The number of rotatable bonds is 10.